The van der Waals surface area contributed by atoms with Crippen LogP contribution in [0, 0.1) is 18.6 Å². The molecule has 3 rings (SSSR count). The van der Waals surface area contributed by atoms with Crippen LogP contribution in [0.5, 0.6) is 0 Å². The molecule has 5 heteroatoms. The highest BCUT2D eigenvalue weighted by Gasteiger charge is 2.15. The van der Waals surface area contributed by atoms with Gasteiger partial charge in [0.05, 0.1) is 11.3 Å². The van der Waals surface area contributed by atoms with Crippen molar-refractivity contribution in [2.24, 2.45) is 0 Å². The van der Waals surface area contributed by atoms with E-state index in [0.717, 1.165) is 5.56 Å². The van der Waals surface area contributed by atoms with E-state index >= 15 is 0 Å². The number of H-pyrrole nitrogens is 1. The third-order valence-electron chi connectivity index (χ3n) is 3.35. The van der Waals surface area contributed by atoms with Crippen LogP contribution in [0.15, 0.2) is 42.5 Å². The number of anilines is 1. The first-order chi connectivity index (χ1) is 10.1. The van der Waals surface area contributed by atoms with Gasteiger partial charge in [-0.25, -0.2) is 8.78 Å². The second-order valence-electron chi connectivity index (χ2n) is 4.83. The molecule has 3 N–H and O–H groups in total. The van der Waals surface area contributed by atoms with Gasteiger partial charge in [-0.05, 0) is 48.4 Å². The molecule has 0 saturated carbocycles. The van der Waals surface area contributed by atoms with E-state index in [1.165, 1.54) is 18.2 Å². The molecular formula is C16H13F2N3. The molecule has 1 aromatic heterocycles. The Bertz CT molecular complexity index is 809. The molecular weight excluding hydrogens is 272 g/mol. The van der Waals surface area contributed by atoms with Crippen molar-refractivity contribution in [3.8, 4) is 22.4 Å². The second kappa shape index (κ2) is 5.01. The Morgan fingerprint density at radius 1 is 1.05 bits per heavy atom. The number of nitrogens with zero attached hydrogens (tertiary/aromatic N) is 1. The van der Waals surface area contributed by atoms with Gasteiger partial charge in [0.2, 0.25) is 0 Å². The monoisotopic (exact) mass is 285 g/mol. The maximum atomic E-state index is 13.4. The molecule has 0 aliphatic heterocycles. The number of hydrogen-bond donors (Lipinski definition) is 2. The minimum absolute atomic E-state index is 0.276. The maximum Gasteiger partial charge on any atom is 0.153 e. The van der Waals surface area contributed by atoms with Crippen LogP contribution < -0.4 is 5.73 Å². The summed E-state index contributed by atoms with van der Waals surface area (Å²) >= 11 is 0. The van der Waals surface area contributed by atoms with Crippen molar-refractivity contribution >= 4 is 5.82 Å². The normalized spacial score (nSPS) is 10.8. The van der Waals surface area contributed by atoms with Crippen LogP contribution in [0.1, 0.15) is 5.56 Å². The van der Waals surface area contributed by atoms with Gasteiger partial charge in [0.1, 0.15) is 11.6 Å². The second-order valence-corrected chi connectivity index (χ2v) is 4.83. The number of aryl methyl sites for hydroxylation is 1. The Kier molecular flexibility index (Phi) is 3.17. The molecule has 3 aromatic rings. The molecule has 0 saturated heterocycles. The van der Waals surface area contributed by atoms with Crippen molar-refractivity contribution in [2.75, 3.05) is 5.73 Å². The lowest BCUT2D eigenvalue weighted by molar-refractivity contribution is 0.618. The Hall–Kier alpha value is -2.69. The summed E-state index contributed by atoms with van der Waals surface area (Å²) in [7, 11) is 0. The molecule has 106 valence electrons. The molecule has 0 unspecified atom stereocenters. The molecule has 0 aliphatic rings. The Morgan fingerprint density at radius 2 is 1.86 bits per heavy atom. The van der Waals surface area contributed by atoms with Crippen LogP contribution in [-0.4, -0.2) is 10.2 Å². The highest BCUT2D eigenvalue weighted by molar-refractivity contribution is 5.87. The summed E-state index contributed by atoms with van der Waals surface area (Å²) in [5.41, 5.74) is 9.03. The van der Waals surface area contributed by atoms with Gasteiger partial charge < -0.3 is 5.73 Å². The summed E-state index contributed by atoms with van der Waals surface area (Å²) in [6.45, 7) is 1.68. The molecule has 2 aromatic carbocycles. The van der Waals surface area contributed by atoms with E-state index in [2.05, 4.69) is 10.2 Å². The average Bonchev–Trinajstić information content (AvgIpc) is 2.84. The predicted molar refractivity (Wildman–Crippen MR) is 78.5 cm³/mol. The minimum atomic E-state index is -0.352. The molecule has 0 aliphatic carbocycles. The van der Waals surface area contributed by atoms with Gasteiger partial charge in [-0.2, -0.15) is 5.10 Å². The number of nitrogen functional groups attached to an aromatic ring is 1. The largest absolute Gasteiger partial charge is 0.382 e. The highest BCUT2D eigenvalue weighted by Crippen LogP contribution is 2.35. The number of benzene rings is 2. The third-order valence-corrected chi connectivity index (χ3v) is 3.35. The van der Waals surface area contributed by atoms with E-state index < -0.39 is 0 Å². The number of halogens is 2. The average molecular weight is 285 g/mol. The molecule has 0 atom stereocenters. The topological polar surface area (TPSA) is 54.7 Å². The molecule has 21 heavy (non-hydrogen) atoms. The predicted octanol–water partition coefficient (Wildman–Crippen LogP) is 3.91. The fraction of sp³-hybridized carbons (Fsp3) is 0.0625. The number of nitrogens with one attached hydrogen (secondary N) is 1. The van der Waals surface area contributed by atoms with Gasteiger partial charge >= 0.3 is 0 Å². The molecule has 3 nitrogen and oxygen atoms in total. The van der Waals surface area contributed by atoms with Gasteiger partial charge in [-0.1, -0.05) is 12.1 Å². The van der Waals surface area contributed by atoms with Crippen molar-refractivity contribution in [1.82, 2.24) is 10.2 Å². The summed E-state index contributed by atoms with van der Waals surface area (Å²) in [6, 6.07) is 10.8. The lowest BCUT2D eigenvalue weighted by Crippen LogP contribution is -1.90. The van der Waals surface area contributed by atoms with Crippen LogP contribution in [0.2, 0.25) is 0 Å². The summed E-state index contributed by atoms with van der Waals surface area (Å²) in [4.78, 5) is 0. The highest BCUT2D eigenvalue weighted by atomic mass is 19.1. The Morgan fingerprint density at radius 3 is 2.57 bits per heavy atom. The molecule has 0 fully saturated rings. The quantitative estimate of drug-likeness (QED) is 0.750. The molecule has 0 spiro atoms. The number of aromatic amines is 1. The van der Waals surface area contributed by atoms with Gasteiger partial charge in [0.25, 0.3) is 0 Å². The molecule has 1 heterocycles. The van der Waals surface area contributed by atoms with Crippen molar-refractivity contribution in [3.05, 3.63) is 59.7 Å². The summed E-state index contributed by atoms with van der Waals surface area (Å²) in [6.07, 6.45) is 0. The smallest absolute Gasteiger partial charge is 0.153 e. The number of aromatic nitrogens is 2. The Labute approximate surface area is 120 Å². The summed E-state index contributed by atoms with van der Waals surface area (Å²) in [5, 5.41) is 6.82. The van der Waals surface area contributed by atoms with Crippen LogP contribution in [0.4, 0.5) is 14.6 Å². The number of nitrogens with two attached hydrogens (primary N) is 1. The van der Waals surface area contributed by atoms with Crippen molar-refractivity contribution < 1.29 is 8.78 Å². The van der Waals surface area contributed by atoms with E-state index in [1.807, 2.05) is 0 Å². The third kappa shape index (κ3) is 2.38. The van der Waals surface area contributed by atoms with Gasteiger partial charge in [-0.3, -0.25) is 5.10 Å². The van der Waals surface area contributed by atoms with Gasteiger partial charge in [0.15, 0.2) is 5.82 Å². The molecule has 0 bridgehead atoms. The molecule has 0 radical (unpaired) electrons. The first-order valence-electron chi connectivity index (χ1n) is 6.42. The van der Waals surface area contributed by atoms with Gasteiger partial charge in [-0.15, -0.1) is 0 Å². The van der Waals surface area contributed by atoms with Gasteiger partial charge in [0, 0.05) is 5.56 Å². The zero-order valence-electron chi connectivity index (χ0n) is 11.3. The van der Waals surface area contributed by atoms with Crippen LogP contribution in [0.25, 0.3) is 22.4 Å². The lowest BCUT2D eigenvalue weighted by Gasteiger charge is -2.06. The van der Waals surface area contributed by atoms with Crippen molar-refractivity contribution in [2.45, 2.75) is 6.92 Å². The SMILES string of the molecule is Cc1cc(-c2[nH]nc(N)c2-c2cccc(F)c2)ccc1F. The van der Waals surface area contributed by atoms with Crippen LogP contribution >= 0.6 is 0 Å². The standard InChI is InChI=1S/C16H13F2N3/c1-9-7-11(5-6-13(9)18)15-14(16(19)21-20-15)10-3-2-4-12(17)8-10/h2-8H,1H3,(H3,19,20,21). The maximum absolute atomic E-state index is 13.4. The zero-order chi connectivity index (χ0) is 15.0. The van der Waals surface area contributed by atoms with E-state index in [4.69, 9.17) is 5.73 Å². The summed E-state index contributed by atoms with van der Waals surface area (Å²) < 4.78 is 26.8. The summed E-state index contributed by atoms with van der Waals surface area (Å²) in [5.74, 6) is -0.356. The minimum Gasteiger partial charge on any atom is -0.382 e. The Balaban J connectivity index is 2.19. The van der Waals surface area contributed by atoms with Crippen molar-refractivity contribution in [3.63, 3.8) is 0 Å². The van der Waals surface area contributed by atoms with E-state index in [-0.39, 0.29) is 17.5 Å². The number of hydrogen-bond acceptors (Lipinski definition) is 2. The lowest BCUT2D eigenvalue weighted by atomic mass is 9.99. The first kappa shape index (κ1) is 13.3. The zero-order valence-corrected chi connectivity index (χ0v) is 11.3. The van der Waals surface area contributed by atoms with E-state index in [9.17, 15) is 8.78 Å². The van der Waals surface area contributed by atoms with Crippen LogP contribution in [0.3, 0.4) is 0 Å². The molecule has 0 amide bonds. The fourth-order valence-electron chi connectivity index (χ4n) is 2.30. The van der Waals surface area contributed by atoms with Crippen molar-refractivity contribution in [1.29, 1.82) is 0 Å². The fourth-order valence-corrected chi connectivity index (χ4v) is 2.30. The van der Waals surface area contributed by atoms with E-state index in [1.54, 1.807) is 31.2 Å². The van der Waals surface area contributed by atoms with E-state index in [0.29, 0.717) is 22.4 Å². The number of rotatable bonds is 2. The van der Waals surface area contributed by atoms with Crippen LogP contribution in [-0.2, 0) is 0 Å². The first-order valence-corrected chi connectivity index (χ1v) is 6.42.